The predicted molar refractivity (Wildman–Crippen MR) is 226 cm³/mol. The van der Waals surface area contributed by atoms with Crippen molar-refractivity contribution in [2.24, 2.45) is 0 Å². The monoisotopic (exact) mass is 793 g/mol. The molecule has 2 atom stereocenters. The highest BCUT2D eigenvalue weighted by Gasteiger charge is 2.23. The largest absolute Gasteiger partial charge is 0.469 e. The lowest BCUT2D eigenvalue weighted by Crippen LogP contribution is -2.29. The highest BCUT2D eigenvalue weighted by atomic mass is 31.2. The van der Waals surface area contributed by atoms with Crippen molar-refractivity contribution in [3.63, 3.8) is 0 Å². The molecule has 55 heavy (non-hydrogen) atoms. The van der Waals surface area contributed by atoms with Crippen molar-refractivity contribution in [1.82, 2.24) is 0 Å². The van der Waals surface area contributed by atoms with Crippen molar-refractivity contribution in [3.8, 4) is 0 Å². The molecule has 0 spiro atoms. The second-order valence-electron chi connectivity index (χ2n) is 14.1. The topological polar surface area (TPSA) is 140 Å². The van der Waals surface area contributed by atoms with Gasteiger partial charge in [-0.3, -0.25) is 14.1 Å². The van der Waals surface area contributed by atoms with Gasteiger partial charge in [0.1, 0.15) is 6.61 Å². The predicted octanol–water partition coefficient (Wildman–Crippen LogP) is 12.0. The smallest absolute Gasteiger partial charge is 0.462 e. The molecule has 316 valence electrons. The van der Waals surface area contributed by atoms with Gasteiger partial charge in [-0.2, -0.15) is 0 Å². The Labute approximate surface area is 334 Å². The summed E-state index contributed by atoms with van der Waals surface area (Å²) in [5, 5.41) is 10.2. The van der Waals surface area contributed by atoms with Crippen molar-refractivity contribution in [3.05, 3.63) is 72.9 Å². The van der Waals surface area contributed by atoms with Crippen LogP contribution in [0, 0.1) is 0 Å². The van der Waals surface area contributed by atoms with Gasteiger partial charge in [-0.1, -0.05) is 189 Å². The first-order chi connectivity index (χ1) is 26.7. The molecule has 0 amide bonds. The highest BCUT2D eigenvalue weighted by molar-refractivity contribution is 7.46. The molecule has 0 radical (unpaired) electrons. The van der Waals surface area contributed by atoms with Gasteiger partial charge in [0.05, 0.1) is 12.7 Å². The summed E-state index contributed by atoms with van der Waals surface area (Å²) >= 11 is 0. The minimum Gasteiger partial charge on any atom is -0.462 e. The normalized spacial score (nSPS) is 13.8. The number of carbonyl (C=O) groups is 2. The van der Waals surface area contributed by atoms with Crippen LogP contribution in [0.3, 0.4) is 0 Å². The van der Waals surface area contributed by atoms with Crippen LogP contribution in [0.5, 0.6) is 0 Å². The summed E-state index contributed by atoms with van der Waals surface area (Å²) in [7, 11) is -4.81. The zero-order valence-corrected chi connectivity index (χ0v) is 35.3. The molecular weight excluding hydrogens is 715 g/mol. The van der Waals surface area contributed by atoms with Crippen LogP contribution >= 0.6 is 7.82 Å². The summed E-state index contributed by atoms with van der Waals surface area (Å²) in [5.74, 6) is -1.17. The van der Waals surface area contributed by atoms with Gasteiger partial charge in [-0.15, -0.1) is 0 Å². The molecule has 0 aromatic carbocycles. The van der Waals surface area contributed by atoms with Gasteiger partial charge in [0.15, 0.2) is 6.10 Å². The van der Waals surface area contributed by atoms with E-state index in [9.17, 15) is 19.3 Å². The van der Waals surface area contributed by atoms with Gasteiger partial charge in [-0.25, -0.2) is 4.57 Å². The summed E-state index contributed by atoms with van der Waals surface area (Å²) in [6, 6.07) is 0. The first-order valence-electron chi connectivity index (χ1n) is 21.3. The molecule has 0 rings (SSSR count). The van der Waals surface area contributed by atoms with E-state index in [0.29, 0.717) is 6.42 Å². The number of ether oxygens (including phenoxy) is 2. The van der Waals surface area contributed by atoms with Gasteiger partial charge in [0, 0.05) is 12.8 Å². The molecular formula is C45H77O9P. The number of unbranched alkanes of at least 4 members (excludes halogenated alkanes) is 16. The quantitative estimate of drug-likeness (QED) is 0.0183. The van der Waals surface area contributed by atoms with E-state index < -0.39 is 45.2 Å². The van der Waals surface area contributed by atoms with Gasteiger partial charge >= 0.3 is 19.8 Å². The first-order valence-corrected chi connectivity index (χ1v) is 22.9. The first kappa shape index (κ1) is 52.5. The minimum atomic E-state index is -4.81. The van der Waals surface area contributed by atoms with Crippen molar-refractivity contribution in [1.29, 1.82) is 0 Å². The van der Waals surface area contributed by atoms with Crippen molar-refractivity contribution >= 4 is 19.8 Å². The second kappa shape index (κ2) is 39.7. The van der Waals surface area contributed by atoms with Crippen molar-refractivity contribution < 1.29 is 43.0 Å². The Morgan fingerprint density at radius 1 is 0.564 bits per heavy atom. The van der Waals surface area contributed by atoms with Crippen molar-refractivity contribution in [2.75, 3.05) is 13.2 Å². The average Bonchev–Trinajstić information content (AvgIpc) is 3.15. The highest BCUT2D eigenvalue weighted by Crippen LogP contribution is 2.36. The lowest BCUT2D eigenvalue weighted by atomic mass is 10.0. The second-order valence-corrected chi connectivity index (χ2v) is 15.4. The molecule has 0 aromatic rings. The summed E-state index contributed by atoms with van der Waals surface area (Å²) in [4.78, 5) is 42.9. The molecule has 0 aliphatic heterocycles. The van der Waals surface area contributed by atoms with E-state index in [1.165, 1.54) is 83.5 Å². The van der Waals surface area contributed by atoms with E-state index >= 15 is 0 Å². The summed E-state index contributed by atoms with van der Waals surface area (Å²) < 4.78 is 26.2. The Morgan fingerprint density at radius 3 is 1.49 bits per heavy atom. The number of hydrogen-bond donors (Lipinski definition) is 3. The van der Waals surface area contributed by atoms with Crippen LogP contribution in [-0.4, -0.2) is 52.3 Å². The fraction of sp³-hybridized carbons (Fsp3) is 0.689. The minimum absolute atomic E-state index is 0.0869. The van der Waals surface area contributed by atoms with Gasteiger partial charge in [0.25, 0.3) is 0 Å². The van der Waals surface area contributed by atoms with E-state index in [2.05, 4.69) is 67.0 Å². The number of rotatable bonds is 38. The van der Waals surface area contributed by atoms with Gasteiger partial charge in [-0.05, 0) is 44.9 Å². The van der Waals surface area contributed by atoms with Gasteiger partial charge < -0.3 is 24.4 Å². The number of allylic oxidation sites excluding steroid dienone is 11. The lowest BCUT2D eigenvalue weighted by Gasteiger charge is -2.18. The van der Waals surface area contributed by atoms with Crippen LogP contribution in [0.2, 0.25) is 0 Å². The van der Waals surface area contributed by atoms with Crippen LogP contribution in [0.1, 0.15) is 174 Å². The number of aliphatic hydroxyl groups excluding tert-OH is 1. The number of esters is 2. The van der Waals surface area contributed by atoms with Crippen LogP contribution in [0.4, 0.5) is 0 Å². The molecule has 3 N–H and O–H groups in total. The zero-order chi connectivity index (χ0) is 40.5. The van der Waals surface area contributed by atoms with Crippen LogP contribution < -0.4 is 0 Å². The number of phosphoric ester groups is 1. The fourth-order valence-electron chi connectivity index (χ4n) is 5.66. The number of hydrogen-bond acceptors (Lipinski definition) is 7. The Kier molecular flexibility index (Phi) is 37.8. The van der Waals surface area contributed by atoms with Crippen LogP contribution in [-0.2, 0) is 28.2 Å². The molecule has 10 heteroatoms. The number of aliphatic hydroxyl groups is 1. The molecule has 0 bridgehead atoms. The maximum absolute atomic E-state index is 12.4. The molecule has 0 aliphatic rings. The molecule has 9 nitrogen and oxygen atoms in total. The van der Waals surface area contributed by atoms with E-state index in [1.807, 2.05) is 12.2 Å². The Bertz CT molecular complexity index is 1140. The Hall–Kier alpha value is -2.55. The average molecular weight is 793 g/mol. The molecule has 0 saturated heterocycles. The summed E-state index contributed by atoms with van der Waals surface area (Å²) in [6.07, 6.45) is 48.1. The summed E-state index contributed by atoms with van der Waals surface area (Å²) in [6.45, 7) is 3.37. The lowest BCUT2D eigenvalue weighted by molar-refractivity contribution is -0.161. The fourth-order valence-corrected chi connectivity index (χ4v) is 6.02. The Morgan fingerprint density at radius 2 is 1.02 bits per heavy atom. The van der Waals surface area contributed by atoms with E-state index in [1.54, 1.807) is 12.2 Å². The standard InChI is InChI=1S/C45H77O9P/c1-3-5-7-9-11-13-15-17-19-21-23-25-27-29-31-33-35-37-45(48)54-43(41-53-55(49,50)51)40-52-44(47)39-38-42(46)36-34-32-30-28-26-24-22-20-18-16-14-12-10-8-6-4-2/h6,8,12,14,18,20,24,26,30,32,34,36,42-43,46H,3-5,7,9-11,13,15-17,19,21-23,25,27-29,31,33,35,37-41H2,1-2H3,(H2,49,50,51)/b8-6-,14-12-,20-18-,26-24-,32-30-,36-34-/t42?,43-/m1/s1. The number of carbonyl (C=O) groups excluding carboxylic acids is 2. The maximum Gasteiger partial charge on any atom is 0.469 e. The molecule has 0 saturated carbocycles. The molecule has 1 unspecified atom stereocenters. The number of phosphoric acid groups is 1. The summed E-state index contributed by atoms with van der Waals surface area (Å²) in [5.41, 5.74) is 0. The van der Waals surface area contributed by atoms with Crippen LogP contribution in [0.25, 0.3) is 0 Å². The third-order valence-electron chi connectivity index (χ3n) is 8.86. The molecule has 0 heterocycles. The Balaban J connectivity index is 4.14. The third kappa shape index (κ3) is 42.4. The molecule has 0 aromatic heterocycles. The zero-order valence-electron chi connectivity index (χ0n) is 34.4. The van der Waals surface area contributed by atoms with E-state index in [-0.39, 0.29) is 19.3 Å². The van der Waals surface area contributed by atoms with E-state index in [0.717, 1.165) is 51.4 Å². The maximum atomic E-state index is 12.4. The molecule has 0 fully saturated rings. The van der Waals surface area contributed by atoms with E-state index in [4.69, 9.17) is 19.3 Å². The third-order valence-corrected chi connectivity index (χ3v) is 9.34. The van der Waals surface area contributed by atoms with Gasteiger partial charge in [0.2, 0.25) is 0 Å². The molecule has 0 aliphatic carbocycles. The van der Waals surface area contributed by atoms with Crippen molar-refractivity contribution in [2.45, 2.75) is 187 Å². The van der Waals surface area contributed by atoms with Crippen LogP contribution in [0.15, 0.2) is 72.9 Å². The SMILES string of the molecule is CC/C=C\C/C=C\C/C=C\C/C=C\C/C=C\C=C/C(O)CCC(=O)OC[C@H](COP(=O)(O)O)OC(=O)CCCCCCCCCCCCCCCCCCC.